The number of hydrogen-bond donors (Lipinski definition) is 1. The molecule has 2 rings (SSSR count). The second-order valence-corrected chi connectivity index (χ2v) is 3.99. The molecule has 76 valence electrons. The van der Waals surface area contributed by atoms with Crippen molar-refractivity contribution in [3.05, 3.63) is 52.5 Å². The van der Waals surface area contributed by atoms with Crippen LogP contribution in [0.4, 0.5) is 0 Å². The van der Waals surface area contributed by atoms with Gasteiger partial charge in [-0.2, -0.15) is 0 Å². The number of aromatic hydroxyl groups is 1. The van der Waals surface area contributed by atoms with E-state index < -0.39 is 0 Å². The lowest BCUT2D eigenvalue weighted by Gasteiger charge is -2.06. The maximum absolute atomic E-state index is 9.78. The first kappa shape index (κ1) is 10.3. The number of hydrogen-bond acceptors (Lipinski definition) is 1. The zero-order valence-corrected chi connectivity index (χ0v) is 9.26. The summed E-state index contributed by atoms with van der Waals surface area (Å²) in [7, 11) is 0. The van der Waals surface area contributed by atoms with Gasteiger partial charge >= 0.3 is 0 Å². The molecule has 0 heterocycles. The Kier molecular flexibility index (Phi) is 2.85. The fraction of sp³-hybridized carbons (Fsp3) is 0. The van der Waals surface area contributed by atoms with Gasteiger partial charge < -0.3 is 5.11 Å². The summed E-state index contributed by atoms with van der Waals surface area (Å²) in [6.07, 6.45) is 0. The van der Waals surface area contributed by atoms with Crippen molar-refractivity contribution < 1.29 is 5.11 Å². The molecule has 2 aromatic rings. The molecule has 0 atom stereocenters. The van der Waals surface area contributed by atoms with Crippen LogP contribution in [0.25, 0.3) is 11.1 Å². The minimum atomic E-state index is 0.0623. The van der Waals surface area contributed by atoms with Gasteiger partial charge in [-0.3, -0.25) is 0 Å². The SMILES string of the molecule is Oc1c(Cl)cc(Cl)cc1-c1ccccc1. The monoisotopic (exact) mass is 238 g/mol. The summed E-state index contributed by atoms with van der Waals surface area (Å²) in [6.45, 7) is 0. The minimum Gasteiger partial charge on any atom is -0.506 e. The van der Waals surface area contributed by atoms with E-state index in [4.69, 9.17) is 23.2 Å². The third-order valence-corrected chi connectivity index (χ3v) is 2.62. The number of phenols is 1. The summed E-state index contributed by atoms with van der Waals surface area (Å²) in [5.74, 6) is 0.0623. The molecule has 0 saturated heterocycles. The van der Waals surface area contributed by atoms with Crippen molar-refractivity contribution in [2.24, 2.45) is 0 Å². The van der Waals surface area contributed by atoms with Crippen molar-refractivity contribution in [3.8, 4) is 16.9 Å². The Labute approximate surface area is 97.9 Å². The summed E-state index contributed by atoms with van der Waals surface area (Å²) in [6, 6.07) is 12.7. The Morgan fingerprint density at radius 3 is 2.27 bits per heavy atom. The predicted molar refractivity (Wildman–Crippen MR) is 63.6 cm³/mol. The van der Waals surface area contributed by atoms with E-state index in [1.54, 1.807) is 6.07 Å². The lowest BCUT2D eigenvalue weighted by atomic mass is 10.1. The highest BCUT2D eigenvalue weighted by atomic mass is 35.5. The molecule has 0 radical (unpaired) electrons. The van der Waals surface area contributed by atoms with Gasteiger partial charge in [0.25, 0.3) is 0 Å². The van der Waals surface area contributed by atoms with Crippen molar-refractivity contribution in [3.63, 3.8) is 0 Å². The number of halogens is 2. The van der Waals surface area contributed by atoms with Crippen LogP contribution in [0, 0.1) is 0 Å². The molecule has 15 heavy (non-hydrogen) atoms. The number of phenolic OH excluding ortho intramolecular Hbond substituents is 1. The maximum Gasteiger partial charge on any atom is 0.142 e. The molecular formula is C12H8Cl2O. The second-order valence-electron chi connectivity index (χ2n) is 3.15. The summed E-state index contributed by atoms with van der Waals surface area (Å²) < 4.78 is 0. The van der Waals surface area contributed by atoms with E-state index in [1.165, 1.54) is 6.07 Å². The highest BCUT2D eigenvalue weighted by Gasteiger charge is 2.09. The molecule has 0 bridgehead atoms. The van der Waals surface area contributed by atoms with Crippen LogP contribution in [-0.4, -0.2) is 5.11 Å². The standard InChI is InChI=1S/C12H8Cl2O/c13-9-6-10(12(15)11(14)7-9)8-4-2-1-3-5-8/h1-7,15H. The maximum atomic E-state index is 9.78. The van der Waals surface area contributed by atoms with Crippen LogP contribution in [0.1, 0.15) is 0 Å². The third kappa shape index (κ3) is 2.09. The van der Waals surface area contributed by atoms with Crippen molar-refractivity contribution in [2.45, 2.75) is 0 Å². The van der Waals surface area contributed by atoms with Crippen LogP contribution in [0.15, 0.2) is 42.5 Å². The summed E-state index contributed by atoms with van der Waals surface area (Å²) in [5.41, 5.74) is 1.53. The lowest BCUT2D eigenvalue weighted by molar-refractivity contribution is 0.477. The van der Waals surface area contributed by atoms with Crippen molar-refractivity contribution in [1.82, 2.24) is 0 Å². The second kappa shape index (κ2) is 4.13. The van der Waals surface area contributed by atoms with Gasteiger partial charge in [0.2, 0.25) is 0 Å². The quantitative estimate of drug-likeness (QED) is 0.783. The van der Waals surface area contributed by atoms with Gasteiger partial charge in [0.15, 0.2) is 0 Å². The fourth-order valence-corrected chi connectivity index (χ4v) is 1.90. The molecule has 0 amide bonds. The molecule has 1 N–H and O–H groups in total. The molecule has 1 nitrogen and oxygen atoms in total. The molecule has 2 aromatic carbocycles. The van der Waals surface area contributed by atoms with E-state index in [0.717, 1.165) is 5.56 Å². The third-order valence-electron chi connectivity index (χ3n) is 2.11. The largest absolute Gasteiger partial charge is 0.506 e. The Balaban J connectivity index is 2.63. The van der Waals surface area contributed by atoms with E-state index >= 15 is 0 Å². The first-order valence-electron chi connectivity index (χ1n) is 4.42. The van der Waals surface area contributed by atoms with Gasteiger partial charge in [-0.05, 0) is 17.7 Å². The summed E-state index contributed by atoms with van der Waals surface area (Å²) >= 11 is 11.7. The van der Waals surface area contributed by atoms with E-state index in [1.807, 2.05) is 30.3 Å². The van der Waals surface area contributed by atoms with E-state index in [0.29, 0.717) is 10.6 Å². The van der Waals surface area contributed by atoms with Crippen molar-refractivity contribution >= 4 is 23.2 Å². The molecule has 0 aliphatic rings. The van der Waals surface area contributed by atoms with E-state index in [-0.39, 0.29) is 10.8 Å². The first-order chi connectivity index (χ1) is 7.18. The van der Waals surface area contributed by atoms with Crippen LogP contribution in [0.2, 0.25) is 10.0 Å². The Morgan fingerprint density at radius 1 is 0.933 bits per heavy atom. The van der Waals surface area contributed by atoms with Crippen LogP contribution in [-0.2, 0) is 0 Å². The molecule has 0 aliphatic heterocycles. The first-order valence-corrected chi connectivity index (χ1v) is 5.17. The van der Waals surface area contributed by atoms with Gasteiger partial charge in [0, 0.05) is 10.6 Å². The minimum absolute atomic E-state index is 0.0623. The van der Waals surface area contributed by atoms with Crippen LogP contribution in [0.5, 0.6) is 5.75 Å². The zero-order chi connectivity index (χ0) is 10.8. The molecule has 0 saturated carbocycles. The van der Waals surface area contributed by atoms with Crippen LogP contribution < -0.4 is 0 Å². The smallest absolute Gasteiger partial charge is 0.142 e. The van der Waals surface area contributed by atoms with Gasteiger partial charge in [-0.25, -0.2) is 0 Å². The normalized spacial score (nSPS) is 10.3. The molecule has 0 aromatic heterocycles. The molecule has 0 unspecified atom stereocenters. The molecular weight excluding hydrogens is 231 g/mol. The number of rotatable bonds is 1. The van der Waals surface area contributed by atoms with Gasteiger partial charge in [0.05, 0.1) is 5.02 Å². The Morgan fingerprint density at radius 2 is 1.60 bits per heavy atom. The highest BCUT2D eigenvalue weighted by Crippen LogP contribution is 2.37. The van der Waals surface area contributed by atoms with E-state index in [9.17, 15) is 5.11 Å². The van der Waals surface area contributed by atoms with Crippen molar-refractivity contribution in [1.29, 1.82) is 0 Å². The molecule has 3 heteroatoms. The topological polar surface area (TPSA) is 20.2 Å². The zero-order valence-electron chi connectivity index (χ0n) is 7.74. The Hall–Kier alpha value is -1.18. The molecule has 0 aliphatic carbocycles. The van der Waals surface area contributed by atoms with Crippen LogP contribution in [0.3, 0.4) is 0 Å². The molecule has 0 fully saturated rings. The fourth-order valence-electron chi connectivity index (χ4n) is 1.40. The molecule has 0 spiro atoms. The average molecular weight is 239 g/mol. The summed E-state index contributed by atoms with van der Waals surface area (Å²) in [4.78, 5) is 0. The lowest BCUT2D eigenvalue weighted by Crippen LogP contribution is -1.80. The number of benzene rings is 2. The highest BCUT2D eigenvalue weighted by molar-refractivity contribution is 6.36. The van der Waals surface area contributed by atoms with Crippen molar-refractivity contribution in [2.75, 3.05) is 0 Å². The van der Waals surface area contributed by atoms with Gasteiger partial charge in [-0.1, -0.05) is 53.5 Å². The van der Waals surface area contributed by atoms with E-state index in [2.05, 4.69) is 0 Å². The predicted octanol–water partition coefficient (Wildman–Crippen LogP) is 4.37. The Bertz CT molecular complexity index is 480. The van der Waals surface area contributed by atoms with Gasteiger partial charge in [0.1, 0.15) is 5.75 Å². The summed E-state index contributed by atoms with van der Waals surface area (Å²) in [5, 5.41) is 10.6. The average Bonchev–Trinajstić information content (AvgIpc) is 2.24. The van der Waals surface area contributed by atoms with Gasteiger partial charge in [-0.15, -0.1) is 0 Å². The van der Waals surface area contributed by atoms with Crippen LogP contribution >= 0.6 is 23.2 Å².